The Kier molecular flexibility index (Phi) is 9.32. The monoisotopic (exact) mass is 802 g/mol. The zero-order chi connectivity index (χ0) is 41.2. The summed E-state index contributed by atoms with van der Waals surface area (Å²) in [5, 5.41) is 10.7. The van der Waals surface area contributed by atoms with Crippen molar-refractivity contribution in [3.8, 4) is 66.8 Å². The molecule has 290 valence electrons. The maximum absolute atomic E-state index is 2.48. The molecule has 0 aliphatic heterocycles. The van der Waals surface area contributed by atoms with Gasteiger partial charge in [0.05, 0.1) is 16.1 Å². The van der Waals surface area contributed by atoms with E-state index < -0.39 is 16.1 Å². The first-order valence-electron chi connectivity index (χ1n) is 21.3. The van der Waals surface area contributed by atoms with Gasteiger partial charge in [-0.1, -0.05) is 232 Å². The molecule has 0 aliphatic carbocycles. The van der Waals surface area contributed by atoms with Gasteiger partial charge in [-0.25, -0.2) is 0 Å². The lowest BCUT2D eigenvalue weighted by atomic mass is 9.80. The van der Waals surface area contributed by atoms with Crippen molar-refractivity contribution in [2.24, 2.45) is 0 Å². The number of rotatable bonds is 8. The number of hydrogen-bond acceptors (Lipinski definition) is 0. The van der Waals surface area contributed by atoms with Crippen molar-refractivity contribution >= 4 is 58.8 Å². The molecule has 0 amide bonds. The van der Waals surface area contributed by atoms with Crippen LogP contribution in [0.2, 0.25) is 39.3 Å². The van der Waals surface area contributed by atoms with Crippen LogP contribution >= 0.6 is 0 Å². The van der Waals surface area contributed by atoms with Crippen molar-refractivity contribution in [2.75, 3.05) is 0 Å². The fourth-order valence-corrected chi connectivity index (χ4v) is 11.7. The van der Waals surface area contributed by atoms with E-state index in [1.807, 2.05) is 0 Å². The average molecular weight is 803 g/mol. The molecule has 0 spiro atoms. The Labute approximate surface area is 357 Å². The van der Waals surface area contributed by atoms with Crippen LogP contribution in [0.15, 0.2) is 194 Å². The lowest BCUT2D eigenvalue weighted by Gasteiger charge is -2.23. The van der Waals surface area contributed by atoms with Gasteiger partial charge in [-0.3, -0.25) is 0 Å². The van der Waals surface area contributed by atoms with Gasteiger partial charge in [-0.15, -0.1) is 0 Å². The fourth-order valence-electron chi connectivity index (χ4n) is 9.39. The molecule has 10 aromatic carbocycles. The minimum Gasteiger partial charge on any atom is -0.0656 e. The predicted molar refractivity (Wildman–Crippen MR) is 269 cm³/mol. The molecule has 0 N–H and O–H groups in total. The highest BCUT2D eigenvalue weighted by molar-refractivity contribution is 6.89. The molecule has 0 aliphatic rings. The summed E-state index contributed by atoms with van der Waals surface area (Å²) in [7, 11) is -2.98. The molecule has 0 atom stereocenters. The van der Waals surface area contributed by atoms with Crippen LogP contribution < -0.4 is 10.4 Å². The van der Waals surface area contributed by atoms with Crippen molar-refractivity contribution < 1.29 is 0 Å². The molecule has 0 aromatic heterocycles. The van der Waals surface area contributed by atoms with Crippen LogP contribution in [0.5, 0.6) is 0 Å². The smallest absolute Gasteiger partial charge is 0.0656 e. The van der Waals surface area contributed by atoms with Gasteiger partial charge < -0.3 is 0 Å². The van der Waals surface area contributed by atoms with E-state index in [0.29, 0.717) is 0 Å². The number of hydrogen-bond donors (Lipinski definition) is 0. The van der Waals surface area contributed by atoms with Crippen LogP contribution in [0.4, 0.5) is 0 Å². The minimum atomic E-state index is -1.49. The summed E-state index contributed by atoms with van der Waals surface area (Å²) in [6.45, 7) is 14.6. The van der Waals surface area contributed by atoms with E-state index in [9.17, 15) is 0 Å². The lowest BCUT2D eigenvalue weighted by molar-refractivity contribution is 1.59. The molecule has 0 fully saturated rings. The molecule has 10 rings (SSSR count). The Balaban J connectivity index is 1.35. The molecule has 0 heterocycles. The molecule has 0 radical (unpaired) electrons. The molecule has 10 aromatic rings. The van der Waals surface area contributed by atoms with Gasteiger partial charge in [0.25, 0.3) is 0 Å². The highest BCUT2D eigenvalue weighted by atomic mass is 28.3. The fraction of sp³-hybridized carbons (Fsp3) is 0.103. The van der Waals surface area contributed by atoms with E-state index in [1.165, 1.54) is 109 Å². The largest absolute Gasteiger partial charge is 0.0775 e. The van der Waals surface area contributed by atoms with Gasteiger partial charge in [0.15, 0.2) is 0 Å². The van der Waals surface area contributed by atoms with E-state index >= 15 is 0 Å². The normalized spacial score (nSPS) is 12.2. The van der Waals surface area contributed by atoms with Crippen LogP contribution in [0.3, 0.4) is 0 Å². The zero-order valence-corrected chi connectivity index (χ0v) is 37.5. The van der Waals surface area contributed by atoms with Gasteiger partial charge in [-0.2, -0.15) is 0 Å². The van der Waals surface area contributed by atoms with Gasteiger partial charge in [-0.05, 0) is 111 Å². The Morgan fingerprint density at radius 2 is 0.517 bits per heavy atom. The third-order valence-corrected chi connectivity index (χ3v) is 16.8. The second-order valence-corrected chi connectivity index (χ2v) is 28.6. The molecule has 0 unspecified atom stereocenters. The first-order chi connectivity index (χ1) is 29.0. The molecule has 60 heavy (non-hydrogen) atoms. The van der Waals surface area contributed by atoms with Crippen LogP contribution in [-0.4, -0.2) is 16.1 Å². The average Bonchev–Trinajstić information content (AvgIpc) is 3.28. The van der Waals surface area contributed by atoms with E-state index in [-0.39, 0.29) is 0 Å². The SMILES string of the molecule is C[Si](C)(C)c1ccc(-c2cc(-c3ccccc3-c3ccccc3)c3ccc4c(-c5ccc([Si](C)(C)C)cc5)cc(-c5ccccc5-c5ccccc5)c5ccc2c3c45)cc1. The Morgan fingerprint density at radius 3 is 0.850 bits per heavy atom. The van der Waals surface area contributed by atoms with Crippen molar-refractivity contribution in [1.29, 1.82) is 0 Å². The quantitative estimate of drug-likeness (QED) is 0.106. The summed E-state index contributed by atoms with van der Waals surface area (Å²) in [6.07, 6.45) is 0. The molecule has 0 saturated heterocycles. The summed E-state index contributed by atoms with van der Waals surface area (Å²) < 4.78 is 0. The second kappa shape index (κ2) is 14.7. The maximum atomic E-state index is 2.48. The minimum absolute atomic E-state index is 1.23. The number of benzene rings is 10. The molecular weight excluding hydrogens is 753 g/mol. The topological polar surface area (TPSA) is 0 Å². The van der Waals surface area contributed by atoms with Gasteiger partial charge in [0.2, 0.25) is 0 Å². The first kappa shape index (κ1) is 37.9. The molecular formula is C58H50Si2. The van der Waals surface area contributed by atoms with Crippen molar-refractivity contribution in [1.82, 2.24) is 0 Å². The summed E-state index contributed by atoms with van der Waals surface area (Å²) >= 11 is 0. The van der Waals surface area contributed by atoms with Crippen molar-refractivity contribution in [2.45, 2.75) is 39.3 Å². The van der Waals surface area contributed by atoms with E-state index in [4.69, 9.17) is 0 Å². The lowest BCUT2D eigenvalue weighted by Crippen LogP contribution is -2.37. The van der Waals surface area contributed by atoms with Gasteiger partial charge in [0, 0.05) is 0 Å². The highest BCUT2D eigenvalue weighted by Gasteiger charge is 2.24. The van der Waals surface area contributed by atoms with Crippen LogP contribution in [0.25, 0.3) is 99.1 Å². The highest BCUT2D eigenvalue weighted by Crippen LogP contribution is 2.50. The third kappa shape index (κ3) is 6.61. The van der Waals surface area contributed by atoms with Crippen LogP contribution in [0, 0.1) is 0 Å². The predicted octanol–water partition coefficient (Wildman–Crippen LogP) is 15.7. The van der Waals surface area contributed by atoms with E-state index in [0.717, 1.165) is 0 Å². The summed E-state index contributed by atoms with van der Waals surface area (Å²) in [4.78, 5) is 0. The molecule has 2 heteroatoms. The summed E-state index contributed by atoms with van der Waals surface area (Å²) in [6, 6.07) is 73.4. The molecule has 0 saturated carbocycles. The Bertz CT molecular complexity index is 2950. The van der Waals surface area contributed by atoms with E-state index in [2.05, 4.69) is 233 Å². The Morgan fingerprint density at radius 1 is 0.233 bits per heavy atom. The maximum Gasteiger partial charge on any atom is 0.0775 e. The van der Waals surface area contributed by atoms with Crippen LogP contribution in [-0.2, 0) is 0 Å². The molecule has 0 nitrogen and oxygen atoms in total. The van der Waals surface area contributed by atoms with Crippen molar-refractivity contribution in [3.05, 3.63) is 194 Å². The first-order valence-corrected chi connectivity index (χ1v) is 28.3. The summed E-state index contributed by atoms with van der Waals surface area (Å²) in [5.74, 6) is 0. The van der Waals surface area contributed by atoms with Gasteiger partial charge in [0.1, 0.15) is 0 Å². The standard InChI is InChI=1S/C58H50Si2/c1-59(2,3)43-29-25-41(26-30-43)53-37-55(47-23-15-13-21-45(47)39-17-9-7-10-18-39)51-36-34-50-54(42-27-31-44(32-28-42)60(4,5)6)38-56(52-35-33-49(53)57(51)58(50)52)48-24-16-14-22-46(48)40-19-11-8-12-20-40/h7-38H,1-6H3. The zero-order valence-electron chi connectivity index (χ0n) is 35.5. The van der Waals surface area contributed by atoms with Gasteiger partial charge >= 0.3 is 0 Å². The van der Waals surface area contributed by atoms with Crippen molar-refractivity contribution in [3.63, 3.8) is 0 Å². The Hall–Kier alpha value is -6.33. The second-order valence-electron chi connectivity index (χ2n) is 18.5. The van der Waals surface area contributed by atoms with Crippen LogP contribution in [0.1, 0.15) is 0 Å². The molecule has 0 bridgehead atoms. The third-order valence-electron chi connectivity index (χ3n) is 12.6. The van der Waals surface area contributed by atoms with E-state index in [1.54, 1.807) is 0 Å². The summed E-state index contributed by atoms with van der Waals surface area (Å²) in [5.41, 5.74) is 15.0.